The normalized spacial score (nSPS) is 15.6. The second-order valence-corrected chi connectivity index (χ2v) is 5.22. The molecular formula is C12H13BrClNO3. The second kappa shape index (κ2) is 6.41. The molecule has 0 N–H and O–H groups in total. The first-order chi connectivity index (χ1) is 8.66. The van der Waals surface area contributed by atoms with Gasteiger partial charge in [0.15, 0.2) is 6.61 Å². The molecule has 0 bridgehead atoms. The summed E-state index contributed by atoms with van der Waals surface area (Å²) in [5.74, 6) is 0.305. The van der Waals surface area contributed by atoms with E-state index < -0.39 is 0 Å². The molecule has 1 fully saturated rings. The molecule has 1 saturated heterocycles. The third-order valence-electron chi connectivity index (χ3n) is 2.53. The number of nitrogens with zero attached hydrogens (tertiary/aromatic N) is 1. The van der Waals surface area contributed by atoms with Crippen molar-refractivity contribution in [2.24, 2.45) is 0 Å². The average molecular weight is 335 g/mol. The molecule has 0 aromatic heterocycles. The fourth-order valence-corrected chi connectivity index (χ4v) is 2.33. The van der Waals surface area contributed by atoms with Crippen LogP contribution in [0.3, 0.4) is 0 Å². The molecule has 1 amide bonds. The van der Waals surface area contributed by atoms with Gasteiger partial charge in [-0.3, -0.25) is 9.63 Å². The van der Waals surface area contributed by atoms with Crippen molar-refractivity contribution in [3.8, 4) is 5.75 Å². The molecular weight excluding hydrogens is 321 g/mol. The van der Waals surface area contributed by atoms with Crippen molar-refractivity contribution < 1.29 is 14.4 Å². The van der Waals surface area contributed by atoms with Crippen LogP contribution in [0.2, 0.25) is 5.02 Å². The first-order valence-corrected chi connectivity index (χ1v) is 6.85. The molecule has 18 heavy (non-hydrogen) atoms. The lowest BCUT2D eigenvalue weighted by molar-refractivity contribution is -0.198. The zero-order valence-electron chi connectivity index (χ0n) is 9.70. The van der Waals surface area contributed by atoms with Gasteiger partial charge in [0.05, 0.1) is 11.6 Å². The number of amides is 1. The van der Waals surface area contributed by atoms with E-state index in [9.17, 15) is 4.79 Å². The lowest BCUT2D eigenvalue weighted by Crippen LogP contribution is -2.38. The summed E-state index contributed by atoms with van der Waals surface area (Å²) < 4.78 is 6.25. The molecule has 0 spiro atoms. The summed E-state index contributed by atoms with van der Waals surface area (Å²) in [5.41, 5.74) is 0. The molecule has 0 unspecified atom stereocenters. The molecule has 0 atom stereocenters. The maximum atomic E-state index is 11.8. The molecule has 98 valence electrons. The molecule has 1 heterocycles. The highest BCUT2D eigenvalue weighted by Gasteiger charge is 2.18. The predicted molar refractivity (Wildman–Crippen MR) is 71.5 cm³/mol. The topological polar surface area (TPSA) is 38.8 Å². The summed E-state index contributed by atoms with van der Waals surface area (Å²) in [4.78, 5) is 17.0. The van der Waals surface area contributed by atoms with Crippen molar-refractivity contribution in [3.63, 3.8) is 0 Å². The van der Waals surface area contributed by atoms with Gasteiger partial charge in [-0.05, 0) is 31.0 Å². The Morgan fingerprint density at radius 3 is 3.00 bits per heavy atom. The number of halogens is 2. The van der Waals surface area contributed by atoms with Gasteiger partial charge in [-0.2, -0.15) is 0 Å². The van der Waals surface area contributed by atoms with Crippen LogP contribution in [0.5, 0.6) is 5.75 Å². The van der Waals surface area contributed by atoms with Gasteiger partial charge in [0.1, 0.15) is 5.75 Å². The van der Waals surface area contributed by atoms with E-state index >= 15 is 0 Å². The number of carbonyl (C=O) groups is 1. The van der Waals surface area contributed by atoms with E-state index in [2.05, 4.69) is 15.9 Å². The van der Waals surface area contributed by atoms with Gasteiger partial charge in [-0.1, -0.05) is 27.5 Å². The smallest absolute Gasteiger partial charge is 0.283 e. The maximum Gasteiger partial charge on any atom is 0.283 e. The van der Waals surface area contributed by atoms with Gasteiger partial charge in [-0.15, -0.1) is 0 Å². The quantitative estimate of drug-likeness (QED) is 0.853. The molecule has 1 aliphatic rings. The number of rotatable bonds is 3. The van der Waals surface area contributed by atoms with Crippen molar-refractivity contribution in [3.05, 3.63) is 27.7 Å². The number of ether oxygens (including phenoxy) is 1. The molecule has 4 nitrogen and oxygen atoms in total. The molecule has 1 aromatic carbocycles. The number of hydrogen-bond donors (Lipinski definition) is 0. The summed E-state index contributed by atoms with van der Waals surface area (Å²) in [6.07, 6.45) is 1.95. The van der Waals surface area contributed by atoms with Crippen molar-refractivity contribution in [2.75, 3.05) is 19.8 Å². The number of carbonyl (C=O) groups excluding carboxylic acids is 1. The fourth-order valence-electron chi connectivity index (χ4n) is 1.60. The van der Waals surface area contributed by atoms with E-state index in [1.54, 1.807) is 12.1 Å². The minimum atomic E-state index is -0.186. The molecule has 1 aliphatic heterocycles. The zero-order valence-corrected chi connectivity index (χ0v) is 12.0. The van der Waals surface area contributed by atoms with Crippen LogP contribution in [0.1, 0.15) is 12.8 Å². The number of benzene rings is 1. The Hall–Kier alpha value is -0.780. The SMILES string of the molecule is O=C(COc1ccc(Br)cc1Cl)N1CCCCO1. The Morgan fingerprint density at radius 2 is 2.33 bits per heavy atom. The largest absolute Gasteiger partial charge is 0.482 e. The van der Waals surface area contributed by atoms with Crippen LogP contribution in [0, 0.1) is 0 Å². The standard InChI is InChI=1S/C12H13BrClNO3/c13-9-3-4-11(10(14)7-9)17-8-12(16)15-5-1-2-6-18-15/h3-4,7H,1-2,5-6,8H2. The minimum Gasteiger partial charge on any atom is -0.482 e. The van der Waals surface area contributed by atoms with Gasteiger partial charge < -0.3 is 4.74 Å². The summed E-state index contributed by atoms with van der Waals surface area (Å²) in [5, 5.41) is 1.83. The molecule has 0 radical (unpaired) electrons. The Balaban J connectivity index is 1.88. The minimum absolute atomic E-state index is 0.0681. The Morgan fingerprint density at radius 1 is 1.50 bits per heavy atom. The third-order valence-corrected chi connectivity index (χ3v) is 3.31. The van der Waals surface area contributed by atoms with E-state index in [-0.39, 0.29) is 12.5 Å². The van der Waals surface area contributed by atoms with E-state index in [0.29, 0.717) is 23.9 Å². The van der Waals surface area contributed by atoms with Crippen molar-refractivity contribution in [2.45, 2.75) is 12.8 Å². The zero-order chi connectivity index (χ0) is 13.0. The Bertz CT molecular complexity index is 435. The lowest BCUT2D eigenvalue weighted by Gasteiger charge is -2.25. The number of hydrogen-bond acceptors (Lipinski definition) is 3. The van der Waals surface area contributed by atoms with Crippen LogP contribution >= 0.6 is 27.5 Å². The summed E-state index contributed by atoms with van der Waals surface area (Å²) in [7, 11) is 0. The average Bonchev–Trinajstić information content (AvgIpc) is 2.38. The Labute approximate surface area is 119 Å². The van der Waals surface area contributed by atoms with E-state index in [4.69, 9.17) is 21.2 Å². The predicted octanol–water partition coefficient (Wildman–Crippen LogP) is 3.04. The van der Waals surface area contributed by atoms with Gasteiger partial charge in [0, 0.05) is 11.0 Å². The summed E-state index contributed by atoms with van der Waals surface area (Å²) >= 11 is 9.29. The highest BCUT2D eigenvalue weighted by molar-refractivity contribution is 9.10. The van der Waals surface area contributed by atoms with Gasteiger partial charge in [0.25, 0.3) is 5.91 Å². The number of hydroxylamine groups is 2. The first-order valence-electron chi connectivity index (χ1n) is 5.68. The third kappa shape index (κ3) is 3.60. The fraction of sp³-hybridized carbons (Fsp3) is 0.417. The molecule has 0 aliphatic carbocycles. The van der Waals surface area contributed by atoms with Gasteiger partial charge >= 0.3 is 0 Å². The highest BCUT2D eigenvalue weighted by atomic mass is 79.9. The van der Waals surface area contributed by atoms with Crippen molar-refractivity contribution in [1.29, 1.82) is 0 Å². The molecule has 1 aromatic rings. The maximum absolute atomic E-state index is 11.8. The van der Waals surface area contributed by atoms with Gasteiger partial charge in [0.2, 0.25) is 0 Å². The Kier molecular flexibility index (Phi) is 4.86. The molecule has 0 saturated carbocycles. The van der Waals surface area contributed by atoms with E-state index in [1.165, 1.54) is 5.06 Å². The molecule has 2 rings (SSSR count). The van der Waals surface area contributed by atoms with Gasteiger partial charge in [-0.25, -0.2) is 5.06 Å². The van der Waals surface area contributed by atoms with Crippen LogP contribution in [0.15, 0.2) is 22.7 Å². The first kappa shape index (κ1) is 13.6. The van der Waals surface area contributed by atoms with Crippen LogP contribution in [-0.2, 0) is 9.63 Å². The van der Waals surface area contributed by atoms with Crippen molar-refractivity contribution >= 4 is 33.4 Å². The molecule has 6 heteroatoms. The van der Waals surface area contributed by atoms with Crippen LogP contribution in [0.4, 0.5) is 0 Å². The summed E-state index contributed by atoms with van der Waals surface area (Å²) in [6, 6.07) is 5.25. The van der Waals surface area contributed by atoms with Crippen molar-refractivity contribution in [1.82, 2.24) is 5.06 Å². The summed E-state index contributed by atoms with van der Waals surface area (Å²) in [6.45, 7) is 1.14. The van der Waals surface area contributed by atoms with Crippen LogP contribution in [-0.4, -0.2) is 30.7 Å². The van der Waals surface area contributed by atoms with E-state index in [0.717, 1.165) is 17.3 Å². The van der Waals surface area contributed by atoms with E-state index in [1.807, 2.05) is 6.07 Å². The monoisotopic (exact) mass is 333 g/mol. The highest BCUT2D eigenvalue weighted by Crippen LogP contribution is 2.27. The van der Waals surface area contributed by atoms with Crippen LogP contribution in [0.25, 0.3) is 0 Å². The van der Waals surface area contributed by atoms with Crippen LogP contribution < -0.4 is 4.74 Å². The second-order valence-electron chi connectivity index (χ2n) is 3.90. The lowest BCUT2D eigenvalue weighted by atomic mass is 10.3.